The third kappa shape index (κ3) is 24.6. The predicted molar refractivity (Wildman–Crippen MR) is 259 cm³/mol. The Morgan fingerprint density at radius 1 is 0.485 bits per heavy atom. The number of carboxylic acids is 1. The first-order chi connectivity index (χ1) is 32.9. The number of non-ortho nitro benzene ring substituents is 2. The highest BCUT2D eigenvalue weighted by molar-refractivity contribution is 5.82. The summed E-state index contributed by atoms with van der Waals surface area (Å²) in [6.07, 6.45) is 18.8. The van der Waals surface area contributed by atoms with Crippen LogP contribution in [0.1, 0.15) is 132 Å². The van der Waals surface area contributed by atoms with E-state index in [-0.39, 0.29) is 44.0 Å². The van der Waals surface area contributed by atoms with Crippen LogP contribution in [0.15, 0.2) is 109 Å². The van der Waals surface area contributed by atoms with Crippen molar-refractivity contribution in [3.63, 3.8) is 0 Å². The van der Waals surface area contributed by atoms with Crippen LogP contribution in [0.3, 0.4) is 0 Å². The Morgan fingerprint density at radius 3 is 1.21 bits per heavy atom. The molecule has 0 aliphatic heterocycles. The van der Waals surface area contributed by atoms with E-state index in [2.05, 4.69) is 17.6 Å². The van der Waals surface area contributed by atoms with E-state index in [1.54, 1.807) is 36.4 Å². The Labute approximate surface area is 399 Å². The van der Waals surface area contributed by atoms with Crippen molar-refractivity contribution in [3.05, 3.63) is 152 Å². The average molecular weight is 941 g/mol. The van der Waals surface area contributed by atoms with Crippen molar-refractivity contribution in [2.24, 2.45) is 0 Å². The first-order valence-electron chi connectivity index (χ1n) is 23.8. The highest BCUT2D eigenvalue weighted by Crippen LogP contribution is 2.17. The van der Waals surface area contributed by atoms with Gasteiger partial charge in [-0.05, 0) is 28.7 Å². The second-order valence-corrected chi connectivity index (χ2v) is 16.6. The minimum absolute atomic E-state index is 0.0201. The van der Waals surface area contributed by atoms with E-state index < -0.39 is 46.1 Å². The van der Waals surface area contributed by atoms with Crippen molar-refractivity contribution in [1.82, 2.24) is 10.6 Å². The maximum atomic E-state index is 12.9. The number of nitrogens with one attached hydrogen (secondary N) is 2. The first-order valence-corrected chi connectivity index (χ1v) is 23.8. The number of benzene rings is 4. The lowest BCUT2D eigenvalue weighted by atomic mass is 10.0. The topological polar surface area (TPSA) is 227 Å². The number of nitrogens with zero attached hydrogens (tertiary/aromatic N) is 2. The Morgan fingerprint density at radius 2 is 0.838 bits per heavy atom. The molecule has 0 saturated heterocycles. The van der Waals surface area contributed by atoms with Gasteiger partial charge in [-0.15, -0.1) is 0 Å². The van der Waals surface area contributed by atoms with Gasteiger partial charge in [0.05, 0.1) is 16.5 Å². The van der Waals surface area contributed by atoms with Crippen molar-refractivity contribution >= 4 is 35.5 Å². The quantitative estimate of drug-likeness (QED) is 0.0141. The number of carbonyl (C=O) groups is 4. The van der Waals surface area contributed by atoms with Gasteiger partial charge in [0, 0.05) is 37.1 Å². The van der Waals surface area contributed by atoms with Gasteiger partial charge in [-0.2, -0.15) is 0 Å². The molecule has 0 radical (unpaired) electrons. The number of hydrogen-bond donors (Lipinski definition) is 3. The number of ether oxygens (including phenoxy) is 3. The molecule has 0 bridgehead atoms. The van der Waals surface area contributed by atoms with Crippen molar-refractivity contribution in [1.29, 1.82) is 0 Å². The molecule has 0 saturated carbocycles. The lowest BCUT2D eigenvalue weighted by molar-refractivity contribution is -0.385. The molecule has 4 rings (SSSR count). The van der Waals surface area contributed by atoms with Gasteiger partial charge in [-0.3, -0.25) is 20.2 Å². The number of carbonyl (C=O) groups excluding carboxylic acids is 3. The standard InChI is InChI=1S/C35H52N2O6.C17H16N2O6/c1-2-3-4-5-6-7-8-9-10-11-12-13-14-15-16-20-27-42-34(38)33(28-30-23-25-32(26-24-30)37(40)41)36-35(39)43-29-31-21-18-17-19-22-31;20-16(21)15(10-12-6-8-14(9-7-12)19(23)24)18-17(22)25-11-13-4-2-1-3-5-13/h17-19,21-26,33H,2-16,20,27-29H2,1H3,(H,36,39);1-9,15H,10-11H2,(H,18,22)(H,20,21). The van der Waals surface area contributed by atoms with Gasteiger partial charge in [0.1, 0.15) is 25.3 Å². The van der Waals surface area contributed by atoms with Crippen molar-refractivity contribution in [3.8, 4) is 0 Å². The second kappa shape index (κ2) is 33.6. The number of aliphatic carboxylic acids is 1. The van der Waals surface area contributed by atoms with Gasteiger partial charge in [-0.25, -0.2) is 19.2 Å². The molecule has 2 atom stereocenters. The fourth-order valence-electron chi connectivity index (χ4n) is 7.11. The SMILES string of the molecule is CCCCCCCCCCCCCCCCCCOC(=O)C(Cc1ccc([N+](=O)[O-])cc1)NC(=O)OCc1ccccc1.O=C(NC(Cc1ccc([N+](=O)[O-])cc1)C(=O)O)OCc1ccccc1. The maximum absolute atomic E-state index is 12.9. The van der Waals surface area contributed by atoms with E-state index in [4.69, 9.17) is 14.2 Å². The summed E-state index contributed by atoms with van der Waals surface area (Å²) in [6, 6.07) is 27.4. The summed E-state index contributed by atoms with van der Waals surface area (Å²) in [4.78, 5) is 69.0. The van der Waals surface area contributed by atoms with Crippen molar-refractivity contribution in [2.45, 2.75) is 148 Å². The number of alkyl carbamates (subject to hydrolysis) is 2. The smallest absolute Gasteiger partial charge is 0.408 e. The molecule has 368 valence electrons. The van der Waals surface area contributed by atoms with Gasteiger partial charge in [0.2, 0.25) is 0 Å². The lowest BCUT2D eigenvalue weighted by Gasteiger charge is -2.18. The minimum Gasteiger partial charge on any atom is -0.480 e. The molecule has 2 unspecified atom stereocenters. The molecule has 68 heavy (non-hydrogen) atoms. The molecule has 0 fully saturated rings. The minimum atomic E-state index is -1.23. The fourth-order valence-corrected chi connectivity index (χ4v) is 7.11. The highest BCUT2D eigenvalue weighted by Gasteiger charge is 2.25. The number of hydrogen-bond acceptors (Lipinski definition) is 11. The molecule has 3 N–H and O–H groups in total. The molecule has 0 spiro atoms. The zero-order valence-corrected chi connectivity index (χ0v) is 39.2. The number of nitro benzene ring substituents is 2. The van der Waals surface area contributed by atoms with Gasteiger partial charge < -0.3 is 30.0 Å². The molecule has 0 aromatic heterocycles. The van der Waals surface area contributed by atoms with Gasteiger partial charge >= 0.3 is 24.1 Å². The molecule has 16 nitrogen and oxygen atoms in total. The monoisotopic (exact) mass is 940 g/mol. The number of nitro groups is 2. The average Bonchev–Trinajstić information content (AvgIpc) is 3.34. The van der Waals surface area contributed by atoms with Crippen LogP contribution in [-0.4, -0.2) is 57.8 Å². The summed E-state index contributed by atoms with van der Waals surface area (Å²) in [5, 5.41) is 35.7. The van der Waals surface area contributed by atoms with E-state index in [0.29, 0.717) is 11.1 Å². The zero-order chi connectivity index (χ0) is 49.2. The van der Waals surface area contributed by atoms with Gasteiger partial charge in [0.15, 0.2) is 0 Å². The van der Waals surface area contributed by atoms with Crippen LogP contribution in [0.5, 0.6) is 0 Å². The number of carboxylic acid groups (broad SMARTS) is 1. The van der Waals surface area contributed by atoms with Crippen LogP contribution in [0.4, 0.5) is 21.0 Å². The first kappa shape index (κ1) is 55.5. The Bertz CT molecular complexity index is 2070. The second-order valence-electron chi connectivity index (χ2n) is 16.6. The normalized spacial score (nSPS) is 11.5. The van der Waals surface area contributed by atoms with Crippen LogP contribution in [0, 0.1) is 20.2 Å². The maximum Gasteiger partial charge on any atom is 0.408 e. The molecule has 4 aromatic rings. The van der Waals surface area contributed by atoms with E-state index in [1.165, 1.54) is 120 Å². The third-order valence-electron chi connectivity index (χ3n) is 11.0. The third-order valence-corrected chi connectivity index (χ3v) is 11.0. The molecule has 4 aromatic carbocycles. The molecule has 0 heterocycles. The molecular weight excluding hydrogens is 873 g/mol. The van der Waals surface area contributed by atoms with E-state index >= 15 is 0 Å². The lowest BCUT2D eigenvalue weighted by Crippen LogP contribution is -2.43. The van der Waals surface area contributed by atoms with Crippen molar-refractivity contribution < 1.29 is 48.3 Å². The van der Waals surface area contributed by atoms with E-state index in [0.717, 1.165) is 30.4 Å². The molecule has 0 aliphatic rings. The highest BCUT2D eigenvalue weighted by atomic mass is 16.6. The fraction of sp³-hybridized carbons (Fsp3) is 0.462. The zero-order valence-electron chi connectivity index (χ0n) is 39.2. The largest absolute Gasteiger partial charge is 0.480 e. The summed E-state index contributed by atoms with van der Waals surface area (Å²) >= 11 is 0. The van der Waals surface area contributed by atoms with Gasteiger partial charge in [0.25, 0.3) is 11.4 Å². The molecule has 2 amide bonds. The summed E-state index contributed by atoms with van der Waals surface area (Å²) in [7, 11) is 0. The number of amides is 2. The van der Waals surface area contributed by atoms with Gasteiger partial charge in [-0.1, -0.05) is 188 Å². The summed E-state index contributed by atoms with van der Waals surface area (Å²) in [6.45, 7) is 2.65. The predicted octanol–water partition coefficient (Wildman–Crippen LogP) is 11.8. The van der Waals surface area contributed by atoms with Crippen LogP contribution in [0.25, 0.3) is 0 Å². The van der Waals surface area contributed by atoms with Crippen LogP contribution < -0.4 is 10.6 Å². The Kier molecular flexibility index (Phi) is 27.4. The van der Waals surface area contributed by atoms with E-state index in [1.807, 2.05) is 36.4 Å². The Hall–Kier alpha value is -6.84. The number of rotatable bonds is 31. The summed E-state index contributed by atoms with van der Waals surface area (Å²) in [5.74, 6) is -1.77. The van der Waals surface area contributed by atoms with Crippen LogP contribution in [0.2, 0.25) is 0 Å². The number of esters is 1. The molecule has 0 aliphatic carbocycles. The van der Waals surface area contributed by atoms with Crippen LogP contribution in [-0.2, 0) is 49.9 Å². The summed E-state index contributed by atoms with van der Waals surface area (Å²) < 4.78 is 15.8. The van der Waals surface area contributed by atoms with Crippen molar-refractivity contribution in [2.75, 3.05) is 6.61 Å². The van der Waals surface area contributed by atoms with Crippen LogP contribution >= 0.6 is 0 Å². The molecule has 16 heteroatoms. The number of unbranched alkanes of at least 4 members (excludes halogenated alkanes) is 15. The molecular formula is C52H68N4O12. The Balaban J connectivity index is 0.000000414. The summed E-state index contributed by atoms with van der Waals surface area (Å²) in [5.41, 5.74) is 2.68. The van der Waals surface area contributed by atoms with E-state index in [9.17, 15) is 44.5 Å².